The summed E-state index contributed by atoms with van der Waals surface area (Å²) in [6.07, 6.45) is 11.4. The fraction of sp³-hybridized carbons (Fsp3) is 1.00. The van der Waals surface area contributed by atoms with Crippen LogP contribution in [0.15, 0.2) is 0 Å². The first-order valence-electron chi connectivity index (χ1n) is 8.23. The summed E-state index contributed by atoms with van der Waals surface area (Å²) in [6.45, 7) is 9.68. The first-order valence-corrected chi connectivity index (χ1v) is 8.23. The SMILES string of the molecule is CC1CCCCC1NC1CCC(C(C)(C)C)CC1. The van der Waals surface area contributed by atoms with E-state index in [1.165, 1.54) is 51.4 Å². The summed E-state index contributed by atoms with van der Waals surface area (Å²) in [7, 11) is 0. The van der Waals surface area contributed by atoms with E-state index in [4.69, 9.17) is 0 Å². The monoisotopic (exact) mass is 251 g/mol. The van der Waals surface area contributed by atoms with Crippen LogP contribution in [0.25, 0.3) is 0 Å². The second-order valence-electron chi connectivity index (χ2n) is 7.95. The molecule has 0 saturated heterocycles. The van der Waals surface area contributed by atoms with E-state index in [1.807, 2.05) is 0 Å². The first-order chi connectivity index (χ1) is 8.47. The zero-order chi connectivity index (χ0) is 13.2. The highest BCUT2D eigenvalue weighted by Gasteiger charge is 2.31. The highest BCUT2D eigenvalue weighted by atomic mass is 15.0. The summed E-state index contributed by atoms with van der Waals surface area (Å²) in [5, 5.41) is 3.98. The second-order valence-corrected chi connectivity index (χ2v) is 7.95. The Morgan fingerprint density at radius 3 is 2.00 bits per heavy atom. The summed E-state index contributed by atoms with van der Waals surface area (Å²) in [4.78, 5) is 0. The van der Waals surface area contributed by atoms with E-state index in [0.717, 1.165) is 23.9 Å². The number of rotatable bonds is 2. The van der Waals surface area contributed by atoms with Crippen LogP contribution < -0.4 is 5.32 Å². The minimum atomic E-state index is 0.517. The Morgan fingerprint density at radius 2 is 1.44 bits per heavy atom. The van der Waals surface area contributed by atoms with Gasteiger partial charge in [-0.05, 0) is 55.8 Å². The summed E-state index contributed by atoms with van der Waals surface area (Å²) < 4.78 is 0. The Bertz CT molecular complexity index is 245. The van der Waals surface area contributed by atoms with Crippen molar-refractivity contribution in [1.29, 1.82) is 0 Å². The van der Waals surface area contributed by atoms with Gasteiger partial charge >= 0.3 is 0 Å². The molecule has 0 bridgehead atoms. The van der Waals surface area contributed by atoms with Crippen molar-refractivity contribution >= 4 is 0 Å². The smallest absolute Gasteiger partial charge is 0.00952 e. The molecular weight excluding hydrogens is 218 g/mol. The Balaban J connectivity index is 1.76. The van der Waals surface area contributed by atoms with Gasteiger partial charge in [0, 0.05) is 12.1 Å². The molecule has 18 heavy (non-hydrogen) atoms. The standard InChI is InChI=1S/C17H33N/c1-13-7-5-6-8-16(13)18-15-11-9-14(10-12-15)17(2,3)4/h13-16,18H,5-12H2,1-4H3. The van der Waals surface area contributed by atoms with Crippen molar-refractivity contribution in [3.05, 3.63) is 0 Å². The Labute approximate surface area is 114 Å². The van der Waals surface area contributed by atoms with Crippen LogP contribution in [0.1, 0.15) is 79.1 Å². The maximum atomic E-state index is 3.98. The third kappa shape index (κ3) is 3.73. The van der Waals surface area contributed by atoms with Gasteiger partial charge < -0.3 is 5.32 Å². The topological polar surface area (TPSA) is 12.0 Å². The van der Waals surface area contributed by atoms with Gasteiger partial charge in [-0.3, -0.25) is 0 Å². The molecule has 0 heterocycles. The number of hydrogen-bond acceptors (Lipinski definition) is 1. The lowest BCUT2D eigenvalue weighted by atomic mass is 9.71. The molecule has 2 aliphatic carbocycles. The largest absolute Gasteiger partial charge is 0.311 e. The van der Waals surface area contributed by atoms with Gasteiger partial charge in [-0.25, -0.2) is 0 Å². The second kappa shape index (κ2) is 5.94. The number of nitrogens with one attached hydrogen (secondary N) is 1. The molecule has 0 spiro atoms. The fourth-order valence-electron chi connectivity index (χ4n) is 3.99. The molecular formula is C17H33N. The molecule has 0 aromatic heterocycles. The first kappa shape index (κ1) is 14.4. The van der Waals surface area contributed by atoms with Crippen molar-refractivity contribution in [2.24, 2.45) is 17.3 Å². The fourth-order valence-corrected chi connectivity index (χ4v) is 3.99. The molecule has 2 aliphatic rings. The van der Waals surface area contributed by atoms with Crippen LogP contribution >= 0.6 is 0 Å². The van der Waals surface area contributed by atoms with Crippen LogP contribution in [0, 0.1) is 17.3 Å². The van der Waals surface area contributed by atoms with Gasteiger partial charge in [-0.1, -0.05) is 40.5 Å². The lowest BCUT2D eigenvalue weighted by Gasteiger charge is -2.40. The minimum absolute atomic E-state index is 0.517. The molecule has 0 aromatic carbocycles. The van der Waals surface area contributed by atoms with Gasteiger partial charge in [0.1, 0.15) is 0 Å². The predicted molar refractivity (Wildman–Crippen MR) is 79.8 cm³/mol. The molecule has 2 rings (SSSR count). The lowest BCUT2D eigenvalue weighted by molar-refractivity contribution is 0.145. The molecule has 0 radical (unpaired) electrons. The third-order valence-electron chi connectivity index (χ3n) is 5.51. The van der Waals surface area contributed by atoms with Gasteiger partial charge in [0.15, 0.2) is 0 Å². The van der Waals surface area contributed by atoms with E-state index < -0.39 is 0 Å². The van der Waals surface area contributed by atoms with E-state index in [2.05, 4.69) is 33.0 Å². The summed E-state index contributed by atoms with van der Waals surface area (Å²) in [5.74, 6) is 1.85. The zero-order valence-corrected chi connectivity index (χ0v) is 13.0. The molecule has 2 atom stereocenters. The maximum Gasteiger partial charge on any atom is 0.00952 e. The third-order valence-corrected chi connectivity index (χ3v) is 5.51. The molecule has 1 heteroatoms. The Hall–Kier alpha value is -0.0400. The molecule has 0 aromatic rings. The van der Waals surface area contributed by atoms with Crippen molar-refractivity contribution in [1.82, 2.24) is 5.32 Å². The van der Waals surface area contributed by atoms with Gasteiger partial charge in [-0.15, -0.1) is 0 Å². The summed E-state index contributed by atoms with van der Waals surface area (Å²) in [5.41, 5.74) is 0.517. The highest BCUT2D eigenvalue weighted by molar-refractivity contribution is 4.87. The molecule has 0 aliphatic heterocycles. The summed E-state index contributed by atoms with van der Waals surface area (Å²) in [6, 6.07) is 1.63. The lowest BCUT2D eigenvalue weighted by Crippen LogP contribution is -2.45. The molecule has 1 nitrogen and oxygen atoms in total. The van der Waals surface area contributed by atoms with Crippen LogP contribution in [0.4, 0.5) is 0 Å². The van der Waals surface area contributed by atoms with Crippen LogP contribution in [-0.4, -0.2) is 12.1 Å². The quantitative estimate of drug-likeness (QED) is 0.746. The van der Waals surface area contributed by atoms with Crippen molar-refractivity contribution in [2.45, 2.75) is 91.1 Å². The van der Waals surface area contributed by atoms with Crippen LogP contribution in [-0.2, 0) is 0 Å². The molecule has 0 amide bonds. The predicted octanol–water partition coefficient (Wildman–Crippen LogP) is 4.76. The van der Waals surface area contributed by atoms with Gasteiger partial charge in [-0.2, -0.15) is 0 Å². The molecule has 2 unspecified atom stereocenters. The van der Waals surface area contributed by atoms with Gasteiger partial charge in [0.2, 0.25) is 0 Å². The highest BCUT2D eigenvalue weighted by Crippen LogP contribution is 2.38. The molecule has 2 fully saturated rings. The van der Waals surface area contributed by atoms with Crippen LogP contribution in [0.2, 0.25) is 0 Å². The van der Waals surface area contributed by atoms with Crippen molar-refractivity contribution in [3.8, 4) is 0 Å². The molecule has 2 saturated carbocycles. The Kier molecular flexibility index (Phi) is 4.75. The maximum absolute atomic E-state index is 3.98. The van der Waals surface area contributed by atoms with Gasteiger partial charge in [0.05, 0.1) is 0 Å². The normalized spacial score (nSPS) is 38.7. The van der Waals surface area contributed by atoms with Crippen LogP contribution in [0.3, 0.4) is 0 Å². The van der Waals surface area contributed by atoms with E-state index >= 15 is 0 Å². The summed E-state index contributed by atoms with van der Waals surface area (Å²) >= 11 is 0. The van der Waals surface area contributed by atoms with E-state index in [-0.39, 0.29) is 0 Å². The average molecular weight is 251 g/mol. The average Bonchev–Trinajstić information content (AvgIpc) is 2.32. The van der Waals surface area contributed by atoms with Crippen molar-refractivity contribution in [2.75, 3.05) is 0 Å². The number of hydrogen-bond donors (Lipinski definition) is 1. The minimum Gasteiger partial charge on any atom is -0.311 e. The van der Waals surface area contributed by atoms with E-state index in [1.54, 1.807) is 0 Å². The van der Waals surface area contributed by atoms with E-state index in [9.17, 15) is 0 Å². The van der Waals surface area contributed by atoms with Crippen molar-refractivity contribution in [3.63, 3.8) is 0 Å². The van der Waals surface area contributed by atoms with Crippen LogP contribution in [0.5, 0.6) is 0 Å². The molecule has 106 valence electrons. The molecule has 1 N–H and O–H groups in total. The Morgan fingerprint density at radius 1 is 0.833 bits per heavy atom. The zero-order valence-electron chi connectivity index (χ0n) is 13.0. The van der Waals surface area contributed by atoms with Gasteiger partial charge in [0.25, 0.3) is 0 Å². The van der Waals surface area contributed by atoms with E-state index in [0.29, 0.717) is 5.41 Å². The van der Waals surface area contributed by atoms with Crippen molar-refractivity contribution < 1.29 is 0 Å².